The van der Waals surface area contributed by atoms with Crippen LogP contribution in [0.2, 0.25) is 0 Å². The summed E-state index contributed by atoms with van der Waals surface area (Å²) in [5, 5.41) is 14.1. The largest absolute Gasteiger partial charge is 0.381 e. The number of nitrogens with zero attached hydrogens (tertiary/aromatic N) is 1. The van der Waals surface area contributed by atoms with Crippen LogP contribution in [-0.4, -0.2) is 24.4 Å². The van der Waals surface area contributed by atoms with E-state index >= 15 is 0 Å². The molecule has 1 saturated heterocycles. The fourth-order valence-electron chi connectivity index (χ4n) is 3.02. The van der Waals surface area contributed by atoms with Crippen LogP contribution < -0.4 is 10.2 Å². The van der Waals surface area contributed by atoms with Crippen molar-refractivity contribution in [2.75, 3.05) is 11.9 Å². The molecule has 3 nitrogen and oxygen atoms in total. The van der Waals surface area contributed by atoms with Crippen LogP contribution >= 0.6 is 0 Å². The van der Waals surface area contributed by atoms with E-state index in [1.807, 2.05) is 25.2 Å². The average molecular weight is 204 g/mol. The molecular weight excluding hydrogens is 188 g/mol. The van der Waals surface area contributed by atoms with Crippen molar-refractivity contribution < 1.29 is 5.11 Å². The summed E-state index contributed by atoms with van der Waals surface area (Å²) in [5.41, 5.74) is 1.50. The molecule has 0 spiro atoms. The molecule has 0 radical (unpaired) electrons. The minimum absolute atomic E-state index is 0.0323. The van der Waals surface area contributed by atoms with Crippen molar-refractivity contribution in [1.29, 1.82) is 0 Å². The van der Waals surface area contributed by atoms with Crippen molar-refractivity contribution >= 4 is 5.69 Å². The maximum Gasteiger partial charge on any atom is 0.127 e. The number of nitrogens with one attached hydrogen (secondary N) is 1. The fraction of sp³-hybridized carbons (Fsp3) is 0.500. The molecule has 0 aromatic heterocycles. The topological polar surface area (TPSA) is 35.5 Å². The van der Waals surface area contributed by atoms with Gasteiger partial charge in [0.15, 0.2) is 0 Å². The molecule has 0 unspecified atom stereocenters. The summed E-state index contributed by atoms with van der Waals surface area (Å²) < 4.78 is 0. The van der Waals surface area contributed by atoms with Crippen molar-refractivity contribution in [2.24, 2.45) is 0 Å². The Morgan fingerprint density at radius 3 is 3.00 bits per heavy atom. The van der Waals surface area contributed by atoms with Gasteiger partial charge in [0.05, 0.1) is 0 Å². The van der Waals surface area contributed by atoms with Gasteiger partial charge < -0.3 is 10.0 Å². The highest BCUT2D eigenvalue weighted by Crippen LogP contribution is 2.47. The van der Waals surface area contributed by atoms with E-state index in [-0.39, 0.29) is 6.17 Å². The molecule has 0 amide bonds. The zero-order valence-corrected chi connectivity index (χ0v) is 9.07. The van der Waals surface area contributed by atoms with Gasteiger partial charge in [0.25, 0.3) is 0 Å². The summed E-state index contributed by atoms with van der Waals surface area (Å²) in [5.74, 6) is 0. The molecule has 3 heteroatoms. The number of aliphatic hydroxyl groups is 1. The minimum Gasteiger partial charge on any atom is -0.381 e. The van der Waals surface area contributed by atoms with E-state index in [0.29, 0.717) is 6.04 Å². The normalized spacial score (nSPS) is 37.9. The van der Waals surface area contributed by atoms with E-state index in [4.69, 9.17) is 0 Å². The summed E-state index contributed by atoms with van der Waals surface area (Å²) >= 11 is 0. The predicted molar refractivity (Wildman–Crippen MR) is 59.7 cm³/mol. The Morgan fingerprint density at radius 2 is 2.20 bits per heavy atom. The number of rotatable bonds is 0. The van der Waals surface area contributed by atoms with Gasteiger partial charge in [0.2, 0.25) is 0 Å². The summed E-state index contributed by atoms with van der Waals surface area (Å²) in [7, 11) is 2.03. The van der Waals surface area contributed by atoms with Crippen LogP contribution in [0, 0.1) is 0 Å². The molecule has 3 rings (SSSR count). The number of likely N-dealkylation sites (N-methyl/N-ethyl adjacent to an activating group) is 1. The average Bonchev–Trinajstić information content (AvgIpc) is 2.62. The van der Waals surface area contributed by atoms with Gasteiger partial charge in [-0.3, -0.25) is 5.32 Å². The lowest BCUT2D eigenvalue weighted by Gasteiger charge is -2.26. The maximum absolute atomic E-state index is 10.7. The predicted octanol–water partition coefficient (Wildman–Crippen LogP) is 1.03. The molecule has 1 fully saturated rings. The SMILES string of the molecule is C[C@@H]1C[C@@]2(O)c3ccccc3N(C)[C@@H]2N1. The first-order valence-electron chi connectivity index (χ1n) is 5.44. The highest BCUT2D eigenvalue weighted by molar-refractivity contribution is 5.63. The molecule has 2 aliphatic rings. The van der Waals surface area contributed by atoms with Crippen LogP contribution in [0.4, 0.5) is 5.69 Å². The maximum atomic E-state index is 10.7. The molecule has 0 saturated carbocycles. The van der Waals surface area contributed by atoms with E-state index in [2.05, 4.69) is 23.2 Å². The number of hydrogen-bond acceptors (Lipinski definition) is 3. The fourth-order valence-corrected chi connectivity index (χ4v) is 3.02. The Kier molecular flexibility index (Phi) is 1.68. The van der Waals surface area contributed by atoms with Gasteiger partial charge in [-0.05, 0) is 19.4 Å². The quantitative estimate of drug-likeness (QED) is 0.662. The Hall–Kier alpha value is -1.06. The van der Waals surface area contributed by atoms with Crippen LogP contribution in [0.25, 0.3) is 0 Å². The van der Waals surface area contributed by atoms with Gasteiger partial charge >= 0.3 is 0 Å². The summed E-state index contributed by atoms with van der Waals surface area (Å²) in [6, 6.07) is 8.48. The monoisotopic (exact) mass is 204 g/mol. The molecular formula is C12H16N2O. The molecule has 0 aliphatic carbocycles. The smallest absolute Gasteiger partial charge is 0.127 e. The van der Waals surface area contributed by atoms with Crippen LogP contribution in [-0.2, 0) is 5.60 Å². The zero-order valence-electron chi connectivity index (χ0n) is 9.07. The van der Waals surface area contributed by atoms with Gasteiger partial charge in [0.1, 0.15) is 11.8 Å². The first-order chi connectivity index (χ1) is 7.13. The van der Waals surface area contributed by atoms with Gasteiger partial charge in [-0.1, -0.05) is 18.2 Å². The van der Waals surface area contributed by atoms with E-state index in [0.717, 1.165) is 17.7 Å². The second-order valence-electron chi connectivity index (χ2n) is 4.73. The molecule has 1 aromatic rings. The van der Waals surface area contributed by atoms with Crippen molar-refractivity contribution in [3.8, 4) is 0 Å². The highest BCUT2D eigenvalue weighted by Gasteiger charge is 2.53. The van der Waals surface area contributed by atoms with E-state index in [1.54, 1.807) is 0 Å². The molecule has 15 heavy (non-hydrogen) atoms. The minimum atomic E-state index is -0.704. The number of anilines is 1. The zero-order chi connectivity index (χ0) is 10.6. The Bertz CT molecular complexity index is 406. The van der Waals surface area contributed by atoms with E-state index < -0.39 is 5.60 Å². The van der Waals surface area contributed by atoms with E-state index in [9.17, 15) is 5.11 Å². The van der Waals surface area contributed by atoms with Crippen molar-refractivity contribution in [1.82, 2.24) is 5.32 Å². The van der Waals surface area contributed by atoms with Gasteiger partial charge in [-0.2, -0.15) is 0 Å². The number of benzene rings is 1. The highest BCUT2D eigenvalue weighted by atomic mass is 16.3. The first kappa shape index (κ1) is 9.19. The molecule has 2 aliphatic heterocycles. The van der Waals surface area contributed by atoms with Crippen LogP contribution in [0.5, 0.6) is 0 Å². The summed E-state index contributed by atoms with van der Waals surface area (Å²) in [6.45, 7) is 2.12. The lowest BCUT2D eigenvalue weighted by atomic mass is 9.91. The summed E-state index contributed by atoms with van der Waals surface area (Å²) in [4.78, 5) is 2.14. The molecule has 0 bridgehead atoms. The van der Waals surface area contributed by atoms with Gasteiger partial charge in [0, 0.05) is 24.3 Å². The van der Waals surface area contributed by atoms with Crippen LogP contribution in [0.15, 0.2) is 24.3 Å². The third-order valence-electron chi connectivity index (χ3n) is 3.65. The Labute approximate surface area is 89.7 Å². The van der Waals surface area contributed by atoms with Crippen molar-refractivity contribution in [2.45, 2.75) is 31.2 Å². The molecule has 2 N–H and O–H groups in total. The third-order valence-corrected chi connectivity index (χ3v) is 3.65. The standard InChI is InChI=1S/C12H16N2O/c1-8-7-12(15)9-5-3-4-6-10(9)14(2)11(12)13-8/h3-6,8,11,13,15H,7H2,1-2H3/t8-,11+,12-/m1/s1. The summed E-state index contributed by atoms with van der Waals surface area (Å²) in [6.07, 6.45) is 0.823. The van der Waals surface area contributed by atoms with Crippen molar-refractivity contribution in [3.05, 3.63) is 29.8 Å². The molecule has 2 heterocycles. The molecule has 80 valence electrons. The second-order valence-corrected chi connectivity index (χ2v) is 4.73. The first-order valence-corrected chi connectivity index (χ1v) is 5.44. The number of fused-ring (bicyclic) bond motifs is 3. The lowest BCUT2D eigenvalue weighted by molar-refractivity contribution is 0.0339. The Balaban J connectivity index is 2.16. The lowest BCUT2D eigenvalue weighted by Crippen LogP contribution is -2.46. The van der Waals surface area contributed by atoms with Crippen LogP contribution in [0.3, 0.4) is 0 Å². The van der Waals surface area contributed by atoms with E-state index in [1.165, 1.54) is 0 Å². The number of para-hydroxylation sites is 1. The second kappa shape index (κ2) is 2.74. The third kappa shape index (κ3) is 1.02. The Morgan fingerprint density at radius 1 is 1.47 bits per heavy atom. The van der Waals surface area contributed by atoms with Crippen molar-refractivity contribution in [3.63, 3.8) is 0 Å². The van der Waals surface area contributed by atoms with Gasteiger partial charge in [-0.15, -0.1) is 0 Å². The van der Waals surface area contributed by atoms with Gasteiger partial charge in [-0.25, -0.2) is 0 Å². The van der Waals surface area contributed by atoms with Crippen LogP contribution in [0.1, 0.15) is 18.9 Å². The molecule has 3 atom stereocenters. The molecule has 1 aromatic carbocycles. The number of hydrogen-bond donors (Lipinski definition) is 2.